The fraction of sp³-hybridized carbons (Fsp3) is 0.450. The van der Waals surface area contributed by atoms with E-state index in [2.05, 4.69) is 10.3 Å². The van der Waals surface area contributed by atoms with Gasteiger partial charge >= 0.3 is 0 Å². The van der Waals surface area contributed by atoms with Gasteiger partial charge in [-0.2, -0.15) is 0 Å². The van der Waals surface area contributed by atoms with Gasteiger partial charge in [-0.15, -0.1) is 0 Å². The molecule has 1 aliphatic heterocycles. The SMILES string of the molecule is Cc1cc(C(=O)N2CC[C@]3(C[C@@H]3C(=O)NCc3ccncc3)C2)c(C)o1. The van der Waals surface area contributed by atoms with Gasteiger partial charge in [0.15, 0.2) is 0 Å². The van der Waals surface area contributed by atoms with Gasteiger partial charge < -0.3 is 14.6 Å². The number of nitrogens with zero attached hydrogens (tertiary/aromatic N) is 2. The number of amides is 2. The number of carbonyl (C=O) groups is 2. The molecular weight excluding hydrogens is 330 g/mol. The Morgan fingerprint density at radius 1 is 1.35 bits per heavy atom. The van der Waals surface area contributed by atoms with Crippen molar-refractivity contribution in [1.82, 2.24) is 15.2 Å². The van der Waals surface area contributed by atoms with E-state index < -0.39 is 0 Å². The minimum atomic E-state index is -0.0370. The van der Waals surface area contributed by atoms with E-state index in [0.29, 0.717) is 31.0 Å². The number of hydrogen-bond donors (Lipinski definition) is 1. The number of aryl methyl sites for hydroxylation is 2. The van der Waals surface area contributed by atoms with Crippen LogP contribution >= 0.6 is 0 Å². The second-order valence-corrected chi connectivity index (χ2v) is 7.50. The monoisotopic (exact) mass is 353 g/mol. The molecule has 3 heterocycles. The number of pyridine rings is 1. The lowest BCUT2D eigenvalue weighted by atomic mass is 10.0. The third-order valence-electron chi connectivity index (χ3n) is 5.67. The van der Waals surface area contributed by atoms with E-state index in [9.17, 15) is 9.59 Å². The maximum atomic E-state index is 12.7. The van der Waals surface area contributed by atoms with Crippen LogP contribution in [0.4, 0.5) is 0 Å². The summed E-state index contributed by atoms with van der Waals surface area (Å²) >= 11 is 0. The second kappa shape index (κ2) is 6.27. The van der Waals surface area contributed by atoms with Gasteiger partial charge in [0.05, 0.1) is 5.56 Å². The number of furan rings is 1. The Labute approximate surface area is 152 Å². The fourth-order valence-electron chi connectivity index (χ4n) is 4.07. The summed E-state index contributed by atoms with van der Waals surface area (Å²) in [6.07, 6.45) is 5.20. The van der Waals surface area contributed by atoms with Crippen LogP contribution in [-0.2, 0) is 11.3 Å². The summed E-state index contributed by atoms with van der Waals surface area (Å²) in [7, 11) is 0. The molecule has 0 radical (unpaired) electrons. The number of likely N-dealkylation sites (tertiary alicyclic amines) is 1. The van der Waals surface area contributed by atoms with Crippen LogP contribution in [0.25, 0.3) is 0 Å². The predicted molar refractivity (Wildman–Crippen MR) is 95.3 cm³/mol. The van der Waals surface area contributed by atoms with E-state index in [4.69, 9.17) is 4.42 Å². The summed E-state index contributed by atoms with van der Waals surface area (Å²) in [5.41, 5.74) is 1.64. The van der Waals surface area contributed by atoms with Crippen molar-refractivity contribution >= 4 is 11.8 Å². The Morgan fingerprint density at radius 3 is 2.81 bits per heavy atom. The normalized spacial score (nSPS) is 24.1. The number of rotatable bonds is 4. The Morgan fingerprint density at radius 2 is 2.12 bits per heavy atom. The summed E-state index contributed by atoms with van der Waals surface area (Å²) in [6.45, 7) is 5.54. The van der Waals surface area contributed by atoms with Gasteiger partial charge in [-0.1, -0.05) is 0 Å². The van der Waals surface area contributed by atoms with Gasteiger partial charge in [-0.3, -0.25) is 14.6 Å². The van der Waals surface area contributed by atoms with Crippen molar-refractivity contribution < 1.29 is 14.0 Å². The van der Waals surface area contributed by atoms with Gasteiger partial charge in [-0.25, -0.2) is 0 Å². The molecule has 0 bridgehead atoms. The topological polar surface area (TPSA) is 75.4 Å². The first-order chi connectivity index (χ1) is 12.5. The summed E-state index contributed by atoms with van der Waals surface area (Å²) < 4.78 is 5.48. The number of nitrogens with one attached hydrogen (secondary N) is 1. The molecule has 1 saturated heterocycles. The zero-order valence-corrected chi connectivity index (χ0v) is 15.1. The Bertz CT molecular complexity index is 845. The zero-order chi connectivity index (χ0) is 18.3. The van der Waals surface area contributed by atoms with Gasteiger partial charge in [0, 0.05) is 43.4 Å². The average molecular weight is 353 g/mol. The molecule has 0 aromatic carbocycles. The number of aromatic nitrogens is 1. The van der Waals surface area contributed by atoms with Gasteiger partial charge in [0.25, 0.3) is 5.91 Å². The van der Waals surface area contributed by atoms with Crippen molar-refractivity contribution in [2.75, 3.05) is 13.1 Å². The molecule has 6 nitrogen and oxygen atoms in total. The second-order valence-electron chi connectivity index (χ2n) is 7.50. The highest BCUT2D eigenvalue weighted by Gasteiger charge is 2.61. The lowest BCUT2D eigenvalue weighted by Crippen LogP contribution is -2.31. The molecular formula is C20H23N3O3. The van der Waals surface area contributed by atoms with Crippen LogP contribution in [0.3, 0.4) is 0 Å². The van der Waals surface area contributed by atoms with Crippen LogP contribution in [0, 0.1) is 25.2 Å². The van der Waals surface area contributed by atoms with Crippen LogP contribution in [0.2, 0.25) is 0 Å². The quantitative estimate of drug-likeness (QED) is 0.916. The van der Waals surface area contributed by atoms with E-state index in [0.717, 1.165) is 24.2 Å². The van der Waals surface area contributed by atoms with Gasteiger partial charge in [0.1, 0.15) is 11.5 Å². The molecule has 2 fully saturated rings. The maximum absolute atomic E-state index is 12.7. The maximum Gasteiger partial charge on any atom is 0.257 e. The molecule has 2 aliphatic rings. The summed E-state index contributed by atoms with van der Waals surface area (Å²) in [4.78, 5) is 31.1. The van der Waals surface area contributed by atoms with Crippen molar-refractivity contribution in [3.05, 3.63) is 53.2 Å². The summed E-state index contributed by atoms with van der Waals surface area (Å²) in [6, 6.07) is 5.59. The molecule has 2 amide bonds. The van der Waals surface area contributed by atoms with E-state index in [1.54, 1.807) is 18.5 Å². The Hall–Kier alpha value is -2.63. The van der Waals surface area contributed by atoms with Crippen LogP contribution in [-0.4, -0.2) is 34.8 Å². The van der Waals surface area contributed by atoms with Crippen LogP contribution in [0.1, 0.15) is 40.3 Å². The Kier molecular flexibility index (Phi) is 4.05. The third kappa shape index (κ3) is 3.00. The van der Waals surface area contributed by atoms with Crippen molar-refractivity contribution in [3.63, 3.8) is 0 Å². The minimum Gasteiger partial charge on any atom is -0.466 e. The summed E-state index contributed by atoms with van der Waals surface area (Å²) in [5, 5.41) is 3.02. The fourth-order valence-corrected chi connectivity index (χ4v) is 4.07. The molecule has 1 N–H and O–H groups in total. The van der Waals surface area contributed by atoms with Crippen LogP contribution < -0.4 is 5.32 Å². The zero-order valence-electron chi connectivity index (χ0n) is 15.1. The van der Waals surface area contributed by atoms with E-state index >= 15 is 0 Å². The molecule has 1 spiro atoms. The molecule has 2 atom stereocenters. The van der Waals surface area contributed by atoms with E-state index in [-0.39, 0.29) is 23.1 Å². The van der Waals surface area contributed by atoms with Crippen LogP contribution in [0.15, 0.2) is 35.0 Å². The predicted octanol–water partition coefficient (Wildman–Crippen LogP) is 2.46. The van der Waals surface area contributed by atoms with E-state index in [1.807, 2.05) is 30.9 Å². The molecule has 0 unspecified atom stereocenters. The first-order valence-corrected chi connectivity index (χ1v) is 9.01. The smallest absolute Gasteiger partial charge is 0.257 e. The lowest BCUT2D eigenvalue weighted by molar-refractivity contribution is -0.123. The molecule has 136 valence electrons. The lowest BCUT2D eigenvalue weighted by Gasteiger charge is -2.16. The number of hydrogen-bond acceptors (Lipinski definition) is 4. The third-order valence-corrected chi connectivity index (χ3v) is 5.67. The highest BCUT2D eigenvalue weighted by molar-refractivity contribution is 5.95. The standard InChI is InChI=1S/C20H23N3O3/c1-13-9-16(14(2)26-13)19(25)23-8-5-20(12-23)10-17(20)18(24)22-11-15-3-6-21-7-4-15/h3-4,6-7,9,17H,5,8,10-12H2,1-2H3,(H,22,24)/t17-,20+/m1/s1. The van der Waals surface area contributed by atoms with Gasteiger partial charge in [-0.05, 0) is 50.5 Å². The van der Waals surface area contributed by atoms with Crippen molar-refractivity contribution in [2.45, 2.75) is 33.2 Å². The highest BCUT2D eigenvalue weighted by atomic mass is 16.3. The van der Waals surface area contributed by atoms with Crippen molar-refractivity contribution in [3.8, 4) is 0 Å². The molecule has 2 aromatic heterocycles. The molecule has 1 aliphatic carbocycles. The van der Waals surface area contributed by atoms with Crippen molar-refractivity contribution in [1.29, 1.82) is 0 Å². The largest absolute Gasteiger partial charge is 0.466 e. The van der Waals surface area contributed by atoms with Crippen molar-refractivity contribution in [2.24, 2.45) is 11.3 Å². The number of carbonyl (C=O) groups excluding carboxylic acids is 2. The highest BCUT2D eigenvalue weighted by Crippen LogP contribution is 2.58. The van der Waals surface area contributed by atoms with Crippen LogP contribution in [0.5, 0.6) is 0 Å². The van der Waals surface area contributed by atoms with Gasteiger partial charge in [0.2, 0.25) is 5.91 Å². The molecule has 26 heavy (non-hydrogen) atoms. The first-order valence-electron chi connectivity index (χ1n) is 9.01. The molecule has 4 rings (SSSR count). The average Bonchev–Trinajstić information content (AvgIpc) is 2.98. The molecule has 1 saturated carbocycles. The molecule has 6 heteroatoms. The first kappa shape index (κ1) is 16.8. The minimum absolute atomic E-state index is 0.00863. The molecule has 2 aromatic rings. The summed E-state index contributed by atoms with van der Waals surface area (Å²) in [5.74, 6) is 1.52. The Balaban J connectivity index is 1.35. The van der Waals surface area contributed by atoms with E-state index in [1.165, 1.54) is 0 Å².